The van der Waals surface area contributed by atoms with Crippen molar-refractivity contribution in [3.05, 3.63) is 0 Å². The molecule has 0 radical (unpaired) electrons. The van der Waals surface area contributed by atoms with Gasteiger partial charge in [0.15, 0.2) is 9.84 Å². The van der Waals surface area contributed by atoms with Crippen molar-refractivity contribution < 1.29 is 17.9 Å². The van der Waals surface area contributed by atoms with Crippen LogP contribution in [0.5, 0.6) is 0 Å². The zero-order valence-corrected chi connectivity index (χ0v) is 10.9. The van der Waals surface area contributed by atoms with Crippen LogP contribution < -0.4 is 0 Å². The molecule has 0 bridgehead atoms. The van der Waals surface area contributed by atoms with Gasteiger partial charge in [-0.15, -0.1) is 0 Å². The van der Waals surface area contributed by atoms with Crippen molar-refractivity contribution in [3.63, 3.8) is 0 Å². The van der Waals surface area contributed by atoms with Crippen LogP contribution in [0.4, 0.5) is 0 Å². The van der Waals surface area contributed by atoms with Crippen molar-refractivity contribution >= 4 is 31.7 Å². The van der Waals surface area contributed by atoms with Crippen molar-refractivity contribution in [1.29, 1.82) is 0 Å². The lowest BCUT2D eigenvalue weighted by atomic mass is 10.3. The molecule has 0 aliphatic carbocycles. The molecule has 0 N–H and O–H groups in total. The van der Waals surface area contributed by atoms with Gasteiger partial charge in [0.1, 0.15) is 4.83 Å². The summed E-state index contributed by atoms with van der Waals surface area (Å²) < 4.78 is 26.8. The number of methoxy groups -OCH3 is 1. The number of carbonyl (C=O) groups excluding carboxylic acids is 1. The quantitative estimate of drug-likeness (QED) is 0.527. The minimum Gasteiger partial charge on any atom is -0.468 e. The van der Waals surface area contributed by atoms with Gasteiger partial charge in [-0.25, -0.2) is 8.42 Å². The second kappa shape index (κ2) is 5.27. The van der Waals surface area contributed by atoms with E-state index in [-0.39, 0.29) is 22.3 Å². The molecule has 1 unspecified atom stereocenters. The number of nitrogens with zero attached hydrogens (tertiary/aromatic N) is 1. The Labute approximate surface area is 97.8 Å². The van der Waals surface area contributed by atoms with Crippen LogP contribution in [0.3, 0.4) is 0 Å². The molecule has 15 heavy (non-hydrogen) atoms. The summed E-state index contributed by atoms with van der Waals surface area (Å²) in [4.78, 5) is 12.7. The maximum Gasteiger partial charge on any atom is 0.320 e. The molecule has 0 aromatic carbocycles. The van der Waals surface area contributed by atoms with Crippen LogP contribution >= 0.6 is 15.9 Å². The van der Waals surface area contributed by atoms with Crippen LogP contribution in [0.1, 0.15) is 0 Å². The molecule has 0 spiro atoms. The lowest BCUT2D eigenvalue weighted by Crippen LogP contribution is -2.44. The van der Waals surface area contributed by atoms with Crippen LogP contribution in [0, 0.1) is 0 Å². The summed E-state index contributed by atoms with van der Waals surface area (Å²) in [7, 11) is -1.52. The fourth-order valence-corrected chi connectivity index (χ4v) is 3.24. The van der Waals surface area contributed by atoms with Gasteiger partial charge < -0.3 is 4.74 Å². The number of carbonyl (C=O) groups is 1. The van der Waals surface area contributed by atoms with Gasteiger partial charge in [-0.1, -0.05) is 15.9 Å². The minimum atomic E-state index is -2.85. The Kier molecular flexibility index (Phi) is 4.54. The SMILES string of the molecule is COC(=O)C(Br)CN1CCS(=O)(=O)CC1. The first-order valence-corrected chi connectivity index (χ1v) is 7.33. The summed E-state index contributed by atoms with van der Waals surface area (Å²) in [6, 6.07) is 0. The van der Waals surface area contributed by atoms with Crippen molar-refractivity contribution in [1.82, 2.24) is 4.90 Å². The van der Waals surface area contributed by atoms with Gasteiger partial charge in [0.25, 0.3) is 0 Å². The fraction of sp³-hybridized carbons (Fsp3) is 0.875. The molecule has 5 nitrogen and oxygen atoms in total. The molecule has 0 aromatic heterocycles. The lowest BCUT2D eigenvalue weighted by molar-refractivity contribution is -0.140. The maximum absolute atomic E-state index is 11.1. The highest BCUT2D eigenvalue weighted by Crippen LogP contribution is 2.09. The number of ether oxygens (including phenoxy) is 1. The van der Waals surface area contributed by atoms with Gasteiger partial charge >= 0.3 is 5.97 Å². The summed E-state index contributed by atoms with van der Waals surface area (Å²) in [5.41, 5.74) is 0. The zero-order valence-electron chi connectivity index (χ0n) is 8.48. The molecular weight excluding hydrogens is 286 g/mol. The first-order chi connectivity index (χ1) is 6.94. The van der Waals surface area contributed by atoms with Crippen LogP contribution in [-0.2, 0) is 19.4 Å². The molecule has 1 aliphatic rings. The average Bonchev–Trinajstić information content (AvgIpc) is 2.20. The van der Waals surface area contributed by atoms with Crippen molar-refractivity contribution in [2.24, 2.45) is 0 Å². The molecule has 1 atom stereocenters. The van der Waals surface area contributed by atoms with Crippen LogP contribution in [-0.4, -0.2) is 62.4 Å². The van der Waals surface area contributed by atoms with E-state index in [0.717, 1.165) is 0 Å². The van der Waals surface area contributed by atoms with Gasteiger partial charge in [0.05, 0.1) is 18.6 Å². The molecule has 0 saturated carbocycles. The third kappa shape index (κ3) is 4.08. The fourth-order valence-electron chi connectivity index (χ4n) is 1.36. The number of alkyl halides is 1. The Bertz CT molecular complexity index is 316. The summed E-state index contributed by atoms with van der Waals surface area (Å²) in [6.45, 7) is 1.46. The molecular formula is C8H14BrNO4S. The second-order valence-electron chi connectivity index (χ2n) is 3.44. The third-order valence-corrected chi connectivity index (χ3v) is 4.59. The standard InChI is InChI=1S/C8H14BrNO4S/c1-14-8(11)7(9)6-10-2-4-15(12,13)5-3-10/h7H,2-6H2,1H3. The Morgan fingerprint density at radius 1 is 1.47 bits per heavy atom. The van der Waals surface area contributed by atoms with E-state index in [1.807, 2.05) is 4.90 Å². The Morgan fingerprint density at radius 2 is 2.00 bits per heavy atom. The molecule has 1 saturated heterocycles. The van der Waals surface area contributed by atoms with E-state index in [1.165, 1.54) is 7.11 Å². The highest BCUT2D eigenvalue weighted by Gasteiger charge is 2.25. The van der Waals surface area contributed by atoms with E-state index in [9.17, 15) is 13.2 Å². The van der Waals surface area contributed by atoms with E-state index in [2.05, 4.69) is 20.7 Å². The number of halogens is 1. The van der Waals surface area contributed by atoms with Gasteiger partial charge in [-0.05, 0) is 0 Å². The monoisotopic (exact) mass is 299 g/mol. The normalized spacial score (nSPS) is 23.3. The largest absolute Gasteiger partial charge is 0.468 e. The smallest absolute Gasteiger partial charge is 0.320 e. The number of esters is 1. The number of rotatable bonds is 3. The van der Waals surface area contributed by atoms with Crippen LogP contribution in [0.2, 0.25) is 0 Å². The average molecular weight is 300 g/mol. The Morgan fingerprint density at radius 3 is 2.47 bits per heavy atom. The highest BCUT2D eigenvalue weighted by atomic mass is 79.9. The predicted molar refractivity (Wildman–Crippen MR) is 59.8 cm³/mol. The van der Waals surface area contributed by atoms with Crippen LogP contribution in [0.25, 0.3) is 0 Å². The molecule has 1 rings (SSSR count). The van der Waals surface area contributed by atoms with Gasteiger partial charge in [0, 0.05) is 19.6 Å². The third-order valence-electron chi connectivity index (χ3n) is 2.31. The number of hydrogen-bond donors (Lipinski definition) is 0. The van der Waals surface area contributed by atoms with Crippen molar-refractivity contribution in [2.45, 2.75) is 4.83 Å². The molecule has 0 aromatic rings. The van der Waals surface area contributed by atoms with E-state index >= 15 is 0 Å². The molecule has 88 valence electrons. The van der Waals surface area contributed by atoms with E-state index in [1.54, 1.807) is 0 Å². The molecule has 1 aliphatic heterocycles. The minimum absolute atomic E-state index is 0.174. The molecule has 7 heteroatoms. The number of hydrogen-bond acceptors (Lipinski definition) is 5. The Balaban J connectivity index is 2.39. The number of sulfone groups is 1. The summed E-state index contributed by atoms with van der Waals surface area (Å²) in [5, 5.41) is 0. The topological polar surface area (TPSA) is 63.7 Å². The maximum atomic E-state index is 11.1. The van der Waals surface area contributed by atoms with E-state index in [4.69, 9.17) is 0 Å². The van der Waals surface area contributed by atoms with Crippen molar-refractivity contribution in [2.75, 3.05) is 38.2 Å². The zero-order chi connectivity index (χ0) is 11.5. The van der Waals surface area contributed by atoms with Gasteiger partial charge in [-0.3, -0.25) is 9.69 Å². The summed E-state index contributed by atoms with van der Waals surface area (Å²) >= 11 is 3.20. The molecule has 0 amide bonds. The first-order valence-electron chi connectivity index (χ1n) is 4.59. The first kappa shape index (κ1) is 12.9. The summed E-state index contributed by atoms with van der Waals surface area (Å²) in [5.74, 6) is 0.0188. The lowest BCUT2D eigenvalue weighted by Gasteiger charge is -2.27. The van der Waals surface area contributed by atoms with E-state index < -0.39 is 9.84 Å². The highest BCUT2D eigenvalue weighted by molar-refractivity contribution is 9.10. The summed E-state index contributed by atoms with van der Waals surface area (Å²) in [6.07, 6.45) is 0. The molecule has 1 fully saturated rings. The molecule has 1 heterocycles. The Hall–Kier alpha value is -0.140. The van der Waals surface area contributed by atoms with E-state index in [0.29, 0.717) is 19.6 Å². The predicted octanol–water partition coefficient (Wildman–Crippen LogP) is -0.347. The van der Waals surface area contributed by atoms with Gasteiger partial charge in [0.2, 0.25) is 0 Å². The van der Waals surface area contributed by atoms with Crippen LogP contribution in [0.15, 0.2) is 0 Å². The second-order valence-corrected chi connectivity index (χ2v) is 6.85. The van der Waals surface area contributed by atoms with Gasteiger partial charge in [-0.2, -0.15) is 0 Å². The van der Waals surface area contributed by atoms with Crippen molar-refractivity contribution in [3.8, 4) is 0 Å².